The van der Waals surface area contributed by atoms with Gasteiger partial charge in [-0.05, 0) is 83.7 Å². The number of aromatic nitrogens is 2. The molecule has 0 atom stereocenters. The van der Waals surface area contributed by atoms with E-state index >= 15 is 0 Å². The number of carbonyl (C=O) groups excluding carboxylic acids is 1. The molecule has 3 N–H and O–H groups in total. The van der Waals surface area contributed by atoms with Gasteiger partial charge in [0.05, 0.1) is 29.7 Å². The Kier molecular flexibility index (Phi) is 8.63. The molecule has 39 heavy (non-hydrogen) atoms. The number of nitriles is 1. The van der Waals surface area contributed by atoms with Crippen molar-refractivity contribution in [1.82, 2.24) is 9.61 Å². The van der Waals surface area contributed by atoms with Gasteiger partial charge >= 0.3 is 6.09 Å². The predicted octanol–water partition coefficient (Wildman–Crippen LogP) is 5.29. The zero-order valence-corrected chi connectivity index (χ0v) is 23.4. The second-order valence-electron chi connectivity index (χ2n) is 10.8. The number of methoxy groups -OCH3 is 1. The van der Waals surface area contributed by atoms with Crippen LogP contribution >= 0.6 is 0 Å². The van der Waals surface area contributed by atoms with Gasteiger partial charge in [-0.3, -0.25) is 0 Å². The van der Waals surface area contributed by atoms with Crippen molar-refractivity contribution in [1.29, 1.82) is 5.26 Å². The van der Waals surface area contributed by atoms with Crippen LogP contribution in [-0.4, -0.2) is 53.7 Å². The maximum absolute atomic E-state index is 13.8. The van der Waals surface area contributed by atoms with Crippen LogP contribution in [0.4, 0.5) is 22.0 Å². The lowest BCUT2D eigenvalue weighted by molar-refractivity contribution is 0.0597. The van der Waals surface area contributed by atoms with Crippen molar-refractivity contribution in [3.63, 3.8) is 0 Å². The minimum atomic E-state index is -0.732. The number of rotatable bonds is 8. The highest BCUT2D eigenvalue weighted by atomic mass is 16.6. The molecule has 208 valence electrons. The second kappa shape index (κ2) is 11.9. The van der Waals surface area contributed by atoms with E-state index in [-0.39, 0.29) is 12.1 Å². The molecule has 1 saturated carbocycles. The van der Waals surface area contributed by atoms with Gasteiger partial charge in [-0.15, -0.1) is 0 Å². The first kappa shape index (κ1) is 28.2. The molecule has 0 saturated heterocycles. The molecule has 4 rings (SSSR count). The summed E-state index contributed by atoms with van der Waals surface area (Å²) in [6, 6.07) is 11.7. The molecular weight excluding hydrogens is 496 g/mol. The first-order chi connectivity index (χ1) is 18.6. The van der Waals surface area contributed by atoms with E-state index in [9.17, 15) is 10.1 Å². The molecule has 2 heterocycles. The zero-order valence-electron chi connectivity index (χ0n) is 23.4. The van der Waals surface area contributed by atoms with Crippen LogP contribution in [0.5, 0.6) is 5.75 Å². The van der Waals surface area contributed by atoms with Gasteiger partial charge in [0, 0.05) is 24.8 Å². The fourth-order valence-corrected chi connectivity index (χ4v) is 4.83. The van der Waals surface area contributed by atoms with Crippen molar-refractivity contribution in [3.8, 4) is 11.8 Å². The fourth-order valence-electron chi connectivity index (χ4n) is 4.83. The van der Waals surface area contributed by atoms with Gasteiger partial charge in [-0.1, -0.05) is 0 Å². The van der Waals surface area contributed by atoms with Crippen LogP contribution in [0.15, 0.2) is 36.5 Å². The number of hydrogen-bond acceptors (Lipinski definition) is 8. The summed E-state index contributed by atoms with van der Waals surface area (Å²) in [4.78, 5) is 15.3. The van der Waals surface area contributed by atoms with Crippen LogP contribution in [0, 0.1) is 18.3 Å². The third kappa shape index (κ3) is 6.44. The number of benzene rings is 1. The van der Waals surface area contributed by atoms with E-state index in [0.717, 1.165) is 25.7 Å². The number of nitrogens with zero attached hydrogens (tertiary/aromatic N) is 4. The van der Waals surface area contributed by atoms with Gasteiger partial charge < -0.3 is 25.3 Å². The maximum atomic E-state index is 13.8. The predicted molar refractivity (Wildman–Crippen MR) is 151 cm³/mol. The quantitative estimate of drug-likeness (QED) is 0.373. The van der Waals surface area contributed by atoms with E-state index in [1.807, 2.05) is 27.7 Å². The number of nitrogens with two attached hydrogens (primary N) is 1. The molecule has 1 aliphatic carbocycles. The van der Waals surface area contributed by atoms with Gasteiger partial charge in [0.15, 0.2) is 0 Å². The van der Waals surface area contributed by atoms with Crippen molar-refractivity contribution in [2.75, 3.05) is 30.5 Å². The van der Waals surface area contributed by atoms with E-state index in [0.29, 0.717) is 52.8 Å². The lowest BCUT2D eigenvalue weighted by Crippen LogP contribution is -2.36. The van der Waals surface area contributed by atoms with Gasteiger partial charge in [0.1, 0.15) is 35.4 Å². The van der Waals surface area contributed by atoms with Crippen LogP contribution in [0.25, 0.3) is 5.52 Å². The average molecular weight is 535 g/mol. The van der Waals surface area contributed by atoms with E-state index < -0.39 is 11.7 Å². The van der Waals surface area contributed by atoms with Crippen LogP contribution in [0.2, 0.25) is 0 Å². The van der Waals surface area contributed by atoms with Crippen LogP contribution in [-0.2, 0) is 9.47 Å². The van der Waals surface area contributed by atoms with Gasteiger partial charge in [-0.25, -0.2) is 14.2 Å². The number of anilines is 3. The highest BCUT2D eigenvalue weighted by molar-refractivity contribution is 5.98. The molecule has 1 fully saturated rings. The first-order valence-electron chi connectivity index (χ1n) is 13.3. The van der Waals surface area contributed by atoms with E-state index in [1.165, 1.54) is 4.90 Å². The highest BCUT2D eigenvalue weighted by Gasteiger charge is 2.31. The zero-order chi connectivity index (χ0) is 28.2. The summed E-state index contributed by atoms with van der Waals surface area (Å²) in [5, 5.41) is 18.3. The summed E-state index contributed by atoms with van der Waals surface area (Å²) in [5.74, 6) is 1.14. The third-order valence-corrected chi connectivity index (χ3v) is 6.73. The van der Waals surface area contributed by atoms with Crippen molar-refractivity contribution in [2.45, 2.75) is 71.1 Å². The molecule has 0 aliphatic heterocycles. The number of nitrogens with one attached hydrogen (secondary N) is 1. The molecule has 3 aromatic rings. The summed E-state index contributed by atoms with van der Waals surface area (Å²) >= 11 is 0. The minimum absolute atomic E-state index is 0.173. The highest BCUT2D eigenvalue weighted by Crippen LogP contribution is 2.39. The lowest BCUT2D eigenvalue weighted by Gasteiger charge is -2.32. The molecule has 0 unspecified atom stereocenters. The maximum Gasteiger partial charge on any atom is 0.420 e. The third-order valence-electron chi connectivity index (χ3n) is 6.73. The summed E-state index contributed by atoms with van der Waals surface area (Å²) < 4.78 is 18.3. The van der Waals surface area contributed by atoms with Crippen molar-refractivity contribution in [3.05, 3.63) is 47.7 Å². The molecule has 0 radical (unpaired) electrons. The lowest BCUT2D eigenvalue weighted by atomic mass is 9.91. The largest absolute Gasteiger partial charge is 0.491 e. The van der Waals surface area contributed by atoms with Crippen molar-refractivity contribution < 1.29 is 19.0 Å². The topological polar surface area (TPSA) is 127 Å². The Morgan fingerprint density at radius 1 is 1.18 bits per heavy atom. The Labute approximate surface area is 229 Å². The molecule has 10 heteroatoms. The second-order valence-corrected chi connectivity index (χ2v) is 10.8. The average Bonchev–Trinajstić information content (AvgIpc) is 3.37. The smallest absolute Gasteiger partial charge is 0.420 e. The number of ether oxygens (including phenoxy) is 3. The molecule has 1 amide bonds. The first-order valence-corrected chi connectivity index (χ1v) is 13.3. The molecular formula is C29H38N6O4. The van der Waals surface area contributed by atoms with Crippen molar-refractivity contribution >= 4 is 28.8 Å². The van der Waals surface area contributed by atoms with E-state index in [1.54, 1.807) is 48.2 Å². The van der Waals surface area contributed by atoms with Gasteiger partial charge in [-0.2, -0.15) is 10.4 Å². The van der Waals surface area contributed by atoms with Crippen LogP contribution in [0.1, 0.15) is 57.6 Å². The minimum Gasteiger partial charge on any atom is -0.491 e. The van der Waals surface area contributed by atoms with Gasteiger partial charge in [0.2, 0.25) is 0 Å². The Morgan fingerprint density at radius 2 is 1.87 bits per heavy atom. The molecule has 1 aromatic carbocycles. The normalized spacial score (nSPS) is 17.5. The Morgan fingerprint density at radius 3 is 2.49 bits per heavy atom. The van der Waals surface area contributed by atoms with Crippen molar-refractivity contribution in [2.24, 2.45) is 5.73 Å². The number of hydrogen-bond donors (Lipinski definition) is 2. The Bertz CT molecular complexity index is 1330. The van der Waals surface area contributed by atoms with Crippen LogP contribution in [0.3, 0.4) is 0 Å². The summed E-state index contributed by atoms with van der Waals surface area (Å²) in [6.07, 6.45) is 4.72. The standard InChI is InChI=1S/C29H38N6O4/c1-19-26(33-21-8-6-20(31)7-9-21)24(18-30)25-14-15-32-35(25)27(19)34(28(36)39-29(2,3)4)22-10-12-23(13-11-22)38-17-16-37-5/h10-15,20-21,33H,6-9,16-17,31H2,1-5H3/t20-,21-. The van der Waals surface area contributed by atoms with Gasteiger partial charge in [0.25, 0.3) is 0 Å². The molecule has 0 spiro atoms. The fraction of sp³-hybridized carbons (Fsp3) is 0.483. The van der Waals surface area contributed by atoms with Crippen LogP contribution < -0.4 is 20.7 Å². The number of carbonyl (C=O) groups is 1. The molecule has 10 nitrogen and oxygen atoms in total. The molecule has 0 bridgehead atoms. The summed E-state index contributed by atoms with van der Waals surface area (Å²) in [7, 11) is 1.62. The summed E-state index contributed by atoms with van der Waals surface area (Å²) in [5.41, 5.74) is 8.45. The molecule has 1 aliphatic rings. The van der Waals surface area contributed by atoms with E-state index in [2.05, 4.69) is 16.5 Å². The van der Waals surface area contributed by atoms with E-state index in [4.69, 9.17) is 19.9 Å². The Hall–Kier alpha value is -3.81. The number of fused-ring (bicyclic) bond motifs is 1. The SMILES string of the molecule is COCCOc1ccc(N(C(=O)OC(C)(C)C)c2c(C)c(N[C@H]3CC[C@H](N)CC3)c(C#N)c3ccnn23)cc1. The Balaban J connectivity index is 1.84. The number of amides is 1. The number of pyridine rings is 1. The summed E-state index contributed by atoms with van der Waals surface area (Å²) in [6.45, 7) is 8.25. The molecule has 2 aromatic heterocycles. The monoisotopic (exact) mass is 534 g/mol.